The van der Waals surface area contributed by atoms with Crippen molar-refractivity contribution < 1.29 is 57.7 Å². The maximum Gasteiger partial charge on any atom is 0.472 e. The lowest BCUT2D eigenvalue weighted by molar-refractivity contribution is -0.161. The first-order valence-electron chi connectivity index (χ1n) is 20.2. The number of allylic oxidation sites excluding steroid dienone is 5. The molecule has 0 aromatic carbocycles. The Morgan fingerprint density at radius 1 is 0.648 bits per heavy atom. The van der Waals surface area contributed by atoms with Crippen molar-refractivity contribution in [1.29, 1.82) is 0 Å². The predicted molar refractivity (Wildman–Crippen MR) is 211 cm³/mol. The molecule has 0 rings (SSSR count). The number of hydrogen-bond donors (Lipinski definition) is 5. The summed E-state index contributed by atoms with van der Waals surface area (Å²) in [5.41, 5.74) is 5.30. The van der Waals surface area contributed by atoms with Crippen LogP contribution in [0.4, 0.5) is 0 Å². The van der Waals surface area contributed by atoms with Gasteiger partial charge < -0.3 is 35.4 Å². The molecule has 0 heterocycles. The molecule has 14 heteroatoms. The second kappa shape index (κ2) is 35.1. The van der Waals surface area contributed by atoms with Crippen molar-refractivity contribution in [3.8, 4) is 0 Å². The highest BCUT2D eigenvalue weighted by Crippen LogP contribution is 2.43. The van der Waals surface area contributed by atoms with Crippen molar-refractivity contribution in [2.24, 2.45) is 5.73 Å². The number of aliphatic carboxylic acids is 1. The molecule has 54 heavy (non-hydrogen) atoms. The Morgan fingerprint density at radius 3 is 1.78 bits per heavy atom. The van der Waals surface area contributed by atoms with Gasteiger partial charge in [0.15, 0.2) is 6.10 Å². The number of nitrogens with two attached hydrogens (primary N) is 1. The fourth-order valence-electron chi connectivity index (χ4n) is 5.23. The zero-order valence-corrected chi connectivity index (χ0v) is 33.9. The Labute approximate surface area is 324 Å². The maximum absolute atomic E-state index is 12.6. The lowest BCUT2D eigenvalue weighted by atomic mass is 10.0. The van der Waals surface area contributed by atoms with Gasteiger partial charge in [-0.2, -0.15) is 0 Å². The van der Waals surface area contributed by atoms with Gasteiger partial charge in [-0.25, -0.2) is 4.57 Å². The van der Waals surface area contributed by atoms with E-state index in [-0.39, 0.29) is 32.1 Å². The molecule has 0 spiro atoms. The normalized spacial score (nSPS) is 15.4. The molecule has 0 saturated heterocycles. The number of carbonyl (C=O) groups is 3. The summed E-state index contributed by atoms with van der Waals surface area (Å²) in [5.74, 6) is -2.70. The number of carboxylic acids is 1. The van der Waals surface area contributed by atoms with E-state index in [1.165, 1.54) is 64.2 Å². The summed E-state index contributed by atoms with van der Waals surface area (Å²) in [6.45, 7) is 2.45. The van der Waals surface area contributed by atoms with Crippen LogP contribution in [0, 0.1) is 0 Å². The first-order chi connectivity index (χ1) is 25.9. The fourth-order valence-corrected chi connectivity index (χ4v) is 6.00. The minimum Gasteiger partial charge on any atom is -0.480 e. The summed E-state index contributed by atoms with van der Waals surface area (Å²) < 4.78 is 32.4. The number of rotatable bonds is 37. The van der Waals surface area contributed by atoms with Gasteiger partial charge in [-0.3, -0.25) is 23.4 Å². The molecular formula is C40H72NO12P. The molecule has 5 atom stereocenters. The van der Waals surface area contributed by atoms with Crippen LogP contribution >= 0.6 is 7.82 Å². The predicted octanol–water partition coefficient (Wildman–Crippen LogP) is 8.00. The third-order valence-corrected chi connectivity index (χ3v) is 9.54. The smallest absolute Gasteiger partial charge is 0.472 e. The first-order valence-corrected chi connectivity index (χ1v) is 21.7. The van der Waals surface area contributed by atoms with Crippen molar-refractivity contribution in [3.63, 3.8) is 0 Å². The van der Waals surface area contributed by atoms with Crippen LogP contribution in [0.3, 0.4) is 0 Å². The number of ether oxygens (including phenoxy) is 2. The molecule has 0 aliphatic carbocycles. The van der Waals surface area contributed by atoms with E-state index in [1.807, 2.05) is 12.2 Å². The Kier molecular flexibility index (Phi) is 33.5. The average Bonchev–Trinajstić information content (AvgIpc) is 3.14. The van der Waals surface area contributed by atoms with Crippen molar-refractivity contribution in [1.82, 2.24) is 0 Å². The quantitative estimate of drug-likeness (QED) is 0.0175. The van der Waals surface area contributed by atoms with E-state index in [0.29, 0.717) is 12.8 Å². The van der Waals surface area contributed by atoms with Gasteiger partial charge >= 0.3 is 25.7 Å². The van der Waals surface area contributed by atoms with Crippen molar-refractivity contribution in [2.45, 2.75) is 179 Å². The fraction of sp³-hybridized carbons (Fsp3) is 0.775. The lowest BCUT2D eigenvalue weighted by Gasteiger charge is -2.20. The number of carboxylic acid groups (broad SMARTS) is 1. The standard InChI is InChI=1S/C40H72NO12P/c1-3-5-7-9-11-13-15-17-18-20-22-24-27-36(42)37(43)28-26-30-39(45)53-34(32-51-54(48,49)52-33-35(41)40(46)47)31-50-38(44)29-25-23-21-19-16-14-12-10-8-6-4-2/h11,13,17-18,22,24,34-37,42-43H,3-10,12,14-16,19-21,23,25-33,41H2,1-2H3,(H,46,47)(H,48,49)/b13-11-,18-17-,24-22-/t34-,35+,36?,37?/m1/s1. The molecule has 3 unspecified atom stereocenters. The molecular weight excluding hydrogens is 717 g/mol. The largest absolute Gasteiger partial charge is 0.480 e. The number of esters is 2. The monoisotopic (exact) mass is 789 g/mol. The second-order valence-corrected chi connectivity index (χ2v) is 15.2. The van der Waals surface area contributed by atoms with E-state index < -0.39 is 69.9 Å². The Bertz CT molecular complexity index is 1100. The van der Waals surface area contributed by atoms with E-state index in [1.54, 1.807) is 6.08 Å². The van der Waals surface area contributed by atoms with Gasteiger partial charge in [0.1, 0.15) is 12.6 Å². The number of carbonyl (C=O) groups excluding carboxylic acids is 2. The van der Waals surface area contributed by atoms with Gasteiger partial charge in [-0.1, -0.05) is 127 Å². The Hall–Kier alpha value is -2.38. The molecule has 0 aliphatic rings. The summed E-state index contributed by atoms with van der Waals surface area (Å²) in [6.07, 6.45) is 28.2. The summed E-state index contributed by atoms with van der Waals surface area (Å²) in [7, 11) is -4.79. The average molecular weight is 790 g/mol. The number of phosphoric ester groups is 1. The van der Waals surface area contributed by atoms with Crippen LogP contribution in [0.2, 0.25) is 0 Å². The number of hydrogen-bond acceptors (Lipinski definition) is 11. The molecule has 0 fully saturated rings. The molecule has 6 N–H and O–H groups in total. The third-order valence-electron chi connectivity index (χ3n) is 8.59. The molecule has 314 valence electrons. The van der Waals surface area contributed by atoms with Crippen LogP contribution in [0.5, 0.6) is 0 Å². The van der Waals surface area contributed by atoms with Crippen LogP contribution in [-0.2, 0) is 37.5 Å². The van der Waals surface area contributed by atoms with Gasteiger partial charge in [0.25, 0.3) is 0 Å². The zero-order valence-electron chi connectivity index (χ0n) is 33.0. The summed E-state index contributed by atoms with van der Waals surface area (Å²) >= 11 is 0. The minimum absolute atomic E-state index is 0.118. The Balaban J connectivity index is 4.68. The van der Waals surface area contributed by atoms with Crippen molar-refractivity contribution in [3.05, 3.63) is 36.5 Å². The number of aliphatic hydroxyl groups is 2. The number of unbranched alkanes of at least 4 members (excludes halogenated alkanes) is 13. The molecule has 13 nitrogen and oxygen atoms in total. The SMILES string of the molecule is CCCCC/C=C\C/C=C\C/C=C\CC(O)C(O)CCCC(=O)O[C@H](COC(=O)CCCCCCCCCCCCC)COP(=O)(O)OC[C@H](N)C(=O)O. The first kappa shape index (κ1) is 51.6. The zero-order chi connectivity index (χ0) is 40.3. The minimum atomic E-state index is -4.79. The van der Waals surface area contributed by atoms with Crippen LogP contribution < -0.4 is 5.73 Å². The maximum atomic E-state index is 12.6. The number of phosphoric acid groups is 1. The van der Waals surface area contributed by atoms with Crippen LogP contribution in [0.25, 0.3) is 0 Å². The van der Waals surface area contributed by atoms with E-state index >= 15 is 0 Å². The van der Waals surface area contributed by atoms with Crippen LogP contribution in [0.1, 0.15) is 155 Å². The Morgan fingerprint density at radius 2 is 1.17 bits per heavy atom. The van der Waals surface area contributed by atoms with Gasteiger partial charge in [-0.15, -0.1) is 0 Å². The third kappa shape index (κ3) is 33.0. The topological polar surface area (TPSA) is 212 Å². The van der Waals surface area contributed by atoms with Gasteiger partial charge in [0.05, 0.1) is 25.4 Å². The van der Waals surface area contributed by atoms with Crippen LogP contribution in [-0.4, -0.2) is 82.3 Å². The van der Waals surface area contributed by atoms with Gasteiger partial charge in [0, 0.05) is 12.8 Å². The molecule has 0 radical (unpaired) electrons. The van der Waals surface area contributed by atoms with Crippen LogP contribution in [0.15, 0.2) is 36.5 Å². The summed E-state index contributed by atoms with van der Waals surface area (Å²) in [6, 6.07) is -1.57. The summed E-state index contributed by atoms with van der Waals surface area (Å²) in [5, 5.41) is 29.5. The molecule has 0 aromatic heterocycles. The highest BCUT2D eigenvalue weighted by atomic mass is 31.2. The van der Waals surface area contributed by atoms with Crippen molar-refractivity contribution in [2.75, 3.05) is 19.8 Å². The molecule has 0 bridgehead atoms. The molecule has 0 aromatic rings. The van der Waals surface area contributed by atoms with Gasteiger partial charge in [-0.05, 0) is 51.4 Å². The van der Waals surface area contributed by atoms with E-state index in [4.69, 9.17) is 24.8 Å². The second-order valence-electron chi connectivity index (χ2n) is 13.7. The molecule has 0 amide bonds. The molecule has 0 aliphatic heterocycles. The van der Waals surface area contributed by atoms with Crippen molar-refractivity contribution >= 4 is 25.7 Å². The lowest BCUT2D eigenvalue weighted by Crippen LogP contribution is -2.34. The van der Waals surface area contributed by atoms with E-state index in [0.717, 1.165) is 32.1 Å². The van der Waals surface area contributed by atoms with E-state index in [9.17, 15) is 34.1 Å². The highest BCUT2D eigenvalue weighted by molar-refractivity contribution is 7.47. The number of aliphatic hydroxyl groups excluding tert-OH is 2. The highest BCUT2D eigenvalue weighted by Gasteiger charge is 2.28. The summed E-state index contributed by atoms with van der Waals surface area (Å²) in [4.78, 5) is 45.8. The van der Waals surface area contributed by atoms with E-state index in [2.05, 4.69) is 36.6 Å². The molecule has 0 saturated carbocycles. The van der Waals surface area contributed by atoms with Gasteiger partial charge in [0.2, 0.25) is 0 Å².